The fourth-order valence-corrected chi connectivity index (χ4v) is 2.45. The van der Waals surface area contributed by atoms with Crippen LogP contribution in [0.5, 0.6) is 0 Å². The molecule has 15 heavy (non-hydrogen) atoms. The number of nitrogens with two attached hydrogens (primary N) is 1. The van der Waals surface area contributed by atoms with Gasteiger partial charge in [-0.15, -0.1) is 0 Å². The predicted molar refractivity (Wildman–Crippen MR) is 64.5 cm³/mol. The van der Waals surface area contributed by atoms with Crippen LogP contribution in [0.3, 0.4) is 0 Å². The average molecular weight is 212 g/mol. The molecule has 0 aliphatic carbocycles. The third-order valence-corrected chi connectivity index (χ3v) is 3.96. The zero-order valence-corrected chi connectivity index (χ0v) is 10.2. The predicted octanol–water partition coefficient (Wildman–Crippen LogP) is 1.34. The molecule has 88 valence electrons. The number of hydrogen-bond acceptors (Lipinski definition) is 2. The van der Waals surface area contributed by atoms with Crippen molar-refractivity contribution >= 4 is 5.96 Å². The molecule has 1 heterocycles. The number of piperidine rings is 1. The lowest BCUT2D eigenvalue weighted by atomic mass is 9.74. The maximum Gasteiger partial charge on any atom is 0.208 e. The fraction of sp³-hybridized carbons (Fsp3) is 0.909. The number of guanidine groups is 1. The summed E-state index contributed by atoms with van der Waals surface area (Å²) in [6.45, 7) is 6.74. The summed E-state index contributed by atoms with van der Waals surface area (Å²) in [6, 6.07) is 0. The highest BCUT2D eigenvalue weighted by Gasteiger charge is 2.31. The SMILES string of the molecule is CCC1(CC)CCN(C(=NC)NN)CC1. The van der Waals surface area contributed by atoms with Crippen molar-refractivity contribution in [2.75, 3.05) is 20.1 Å². The summed E-state index contributed by atoms with van der Waals surface area (Å²) < 4.78 is 0. The molecule has 0 amide bonds. The van der Waals surface area contributed by atoms with E-state index >= 15 is 0 Å². The Hall–Kier alpha value is -0.770. The Labute approximate surface area is 92.9 Å². The van der Waals surface area contributed by atoms with Crippen LogP contribution in [0.15, 0.2) is 4.99 Å². The van der Waals surface area contributed by atoms with Crippen LogP contribution >= 0.6 is 0 Å². The van der Waals surface area contributed by atoms with Crippen molar-refractivity contribution in [3.8, 4) is 0 Å². The smallest absolute Gasteiger partial charge is 0.208 e. The number of hydrogen-bond donors (Lipinski definition) is 2. The van der Waals surface area contributed by atoms with Gasteiger partial charge in [0.25, 0.3) is 0 Å². The molecule has 4 nitrogen and oxygen atoms in total. The average Bonchev–Trinajstić information content (AvgIpc) is 2.32. The Kier molecular flexibility index (Phi) is 4.39. The highest BCUT2D eigenvalue weighted by Crippen LogP contribution is 2.37. The lowest BCUT2D eigenvalue weighted by molar-refractivity contribution is 0.133. The third kappa shape index (κ3) is 2.62. The van der Waals surface area contributed by atoms with Crippen molar-refractivity contribution in [3.05, 3.63) is 0 Å². The first-order valence-electron chi connectivity index (χ1n) is 5.89. The molecule has 1 aliphatic heterocycles. The third-order valence-electron chi connectivity index (χ3n) is 3.96. The van der Waals surface area contributed by atoms with E-state index in [0.29, 0.717) is 5.41 Å². The van der Waals surface area contributed by atoms with Gasteiger partial charge in [0.05, 0.1) is 0 Å². The number of hydrazine groups is 1. The van der Waals surface area contributed by atoms with Crippen LogP contribution < -0.4 is 11.3 Å². The minimum atomic E-state index is 0.559. The quantitative estimate of drug-likeness (QED) is 0.314. The molecular weight excluding hydrogens is 188 g/mol. The van der Waals surface area contributed by atoms with Crippen LogP contribution in [0.25, 0.3) is 0 Å². The van der Waals surface area contributed by atoms with E-state index in [4.69, 9.17) is 5.84 Å². The van der Waals surface area contributed by atoms with E-state index in [9.17, 15) is 0 Å². The zero-order valence-electron chi connectivity index (χ0n) is 10.2. The monoisotopic (exact) mass is 212 g/mol. The molecule has 0 aromatic heterocycles. The molecule has 0 aromatic carbocycles. The van der Waals surface area contributed by atoms with Gasteiger partial charge in [-0.3, -0.25) is 10.4 Å². The molecule has 0 spiro atoms. The lowest BCUT2D eigenvalue weighted by Crippen LogP contribution is -2.50. The Morgan fingerprint density at radius 1 is 1.33 bits per heavy atom. The van der Waals surface area contributed by atoms with Gasteiger partial charge in [0.2, 0.25) is 5.96 Å². The van der Waals surface area contributed by atoms with E-state index in [1.165, 1.54) is 25.7 Å². The topological polar surface area (TPSA) is 53.6 Å². The molecule has 0 saturated carbocycles. The van der Waals surface area contributed by atoms with Crippen molar-refractivity contribution < 1.29 is 0 Å². The number of nitrogens with one attached hydrogen (secondary N) is 1. The molecule has 1 fully saturated rings. The molecule has 0 radical (unpaired) electrons. The van der Waals surface area contributed by atoms with Gasteiger partial charge < -0.3 is 4.90 Å². The molecule has 1 rings (SSSR count). The highest BCUT2D eigenvalue weighted by atomic mass is 15.4. The van der Waals surface area contributed by atoms with E-state index in [1.54, 1.807) is 7.05 Å². The summed E-state index contributed by atoms with van der Waals surface area (Å²) in [5.41, 5.74) is 3.22. The second-order valence-corrected chi connectivity index (χ2v) is 4.39. The molecule has 0 atom stereocenters. The van der Waals surface area contributed by atoms with Crippen molar-refractivity contribution in [2.45, 2.75) is 39.5 Å². The summed E-state index contributed by atoms with van der Waals surface area (Å²) in [4.78, 5) is 6.38. The summed E-state index contributed by atoms with van der Waals surface area (Å²) in [5.74, 6) is 6.24. The van der Waals surface area contributed by atoms with E-state index in [2.05, 4.69) is 29.2 Å². The second kappa shape index (κ2) is 5.35. The fourth-order valence-electron chi connectivity index (χ4n) is 2.45. The van der Waals surface area contributed by atoms with Gasteiger partial charge in [-0.2, -0.15) is 0 Å². The zero-order chi connectivity index (χ0) is 11.3. The minimum Gasteiger partial charge on any atom is -0.342 e. The molecule has 3 N–H and O–H groups in total. The van der Waals surface area contributed by atoms with Crippen molar-refractivity contribution in [1.82, 2.24) is 10.3 Å². The number of likely N-dealkylation sites (tertiary alicyclic amines) is 1. The first kappa shape index (κ1) is 12.3. The molecule has 0 aromatic rings. The second-order valence-electron chi connectivity index (χ2n) is 4.39. The summed E-state index contributed by atoms with van der Waals surface area (Å²) in [5, 5.41) is 0. The largest absolute Gasteiger partial charge is 0.342 e. The van der Waals surface area contributed by atoms with Gasteiger partial charge in [-0.1, -0.05) is 26.7 Å². The maximum absolute atomic E-state index is 5.42. The molecule has 0 unspecified atom stereocenters. The normalized spacial score (nSPS) is 21.6. The van der Waals surface area contributed by atoms with Gasteiger partial charge in [-0.05, 0) is 18.3 Å². The Morgan fingerprint density at radius 2 is 1.87 bits per heavy atom. The lowest BCUT2D eigenvalue weighted by Gasteiger charge is -2.41. The van der Waals surface area contributed by atoms with E-state index in [1.807, 2.05) is 0 Å². The standard InChI is InChI=1S/C11H24N4/c1-4-11(5-2)6-8-15(9-7-11)10(13-3)14-12/h4-9,12H2,1-3H3,(H,13,14). The summed E-state index contributed by atoms with van der Waals surface area (Å²) >= 11 is 0. The van der Waals surface area contributed by atoms with Crippen molar-refractivity contribution in [3.63, 3.8) is 0 Å². The summed E-state index contributed by atoms with van der Waals surface area (Å²) in [6.07, 6.45) is 5.07. The van der Waals surface area contributed by atoms with Gasteiger partial charge >= 0.3 is 0 Å². The van der Waals surface area contributed by atoms with Crippen LogP contribution in [0.4, 0.5) is 0 Å². The highest BCUT2D eigenvalue weighted by molar-refractivity contribution is 5.79. The van der Waals surface area contributed by atoms with Crippen LogP contribution in [-0.4, -0.2) is 31.0 Å². The van der Waals surface area contributed by atoms with E-state index in [0.717, 1.165) is 19.0 Å². The number of nitrogens with zero attached hydrogens (tertiary/aromatic N) is 2. The maximum atomic E-state index is 5.42. The van der Waals surface area contributed by atoms with Gasteiger partial charge in [-0.25, -0.2) is 5.84 Å². The van der Waals surface area contributed by atoms with Gasteiger partial charge in [0.1, 0.15) is 0 Å². The van der Waals surface area contributed by atoms with Gasteiger partial charge in [0, 0.05) is 20.1 Å². The van der Waals surface area contributed by atoms with Gasteiger partial charge in [0.15, 0.2) is 0 Å². The van der Waals surface area contributed by atoms with Crippen LogP contribution in [0.2, 0.25) is 0 Å². The molecule has 4 heteroatoms. The Bertz CT molecular complexity index is 211. The molecule has 1 aliphatic rings. The minimum absolute atomic E-state index is 0.559. The van der Waals surface area contributed by atoms with E-state index in [-0.39, 0.29) is 0 Å². The number of rotatable bonds is 2. The van der Waals surface area contributed by atoms with Crippen LogP contribution in [0.1, 0.15) is 39.5 Å². The first-order valence-corrected chi connectivity index (χ1v) is 5.89. The van der Waals surface area contributed by atoms with E-state index < -0.39 is 0 Å². The molecule has 0 bridgehead atoms. The van der Waals surface area contributed by atoms with Crippen molar-refractivity contribution in [1.29, 1.82) is 0 Å². The molecular formula is C11H24N4. The van der Waals surface area contributed by atoms with Crippen LogP contribution in [-0.2, 0) is 0 Å². The van der Waals surface area contributed by atoms with Crippen LogP contribution in [0, 0.1) is 5.41 Å². The molecule has 1 saturated heterocycles. The summed E-state index contributed by atoms with van der Waals surface area (Å²) in [7, 11) is 1.77. The van der Waals surface area contributed by atoms with Crippen molar-refractivity contribution in [2.24, 2.45) is 16.3 Å². The number of aliphatic imine (C=N–C) groups is 1. The Balaban J connectivity index is 2.55. The first-order chi connectivity index (χ1) is 7.21. The Morgan fingerprint density at radius 3 is 2.20 bits per heavy atom.